The van der Waals surface area contributed by atoms with Gasteiger partial charge in [-0.2, -0.15) is 0 Å². The van der Waals surface area contributed by atoms with Crippen LogP contribution in [0.5, 0.6) is 0 Å². The van der Waals surface area contributed by atoms with Gasteiger partial charge in [0.2, 0.25) is 5.91 Å². The highest BCUT2D eigenvalue weighted by molar-refractivity contribution is 5.78. The Labute approximate surface area is 64.5 Å². The Hall–Kier alpha value is -0.530. The molecule has 1 amide bonds. The second-order valence-corrected chi connectivity index (χ2v) is 2.21. The van der Waals surface area contributed by atoms with Gasteiger partial charge in [-0.3, -0.25) is 4.79 Å². The van der Waals surface area contributed by atoms with Crippen molar-refractivity contribution < 1.29 is 6.22 Å². The Kier molecular flexibility index (Phi) is 4.99. The van der Waals surface area contributed by atoms with Crippen LogP contribution < -0.4 is 5.32 Å². The van der Waals surface area contributed by atoms with Crippen molar-refractivity contribution in [3.8, 4) is 0 Å². The Balaban J connectivity index is 0. The molecule has 1 aliphatic rings. The molecule has 0 saturated carbocycles. The quantitative estimate of drug-likeness (QED) is 0.600. The van der Waals surface area contributed by atoms with Crippen molar-refractivity contribution >= 4 is 5.91 Å². The molecule has 0 unspecified atom stereocenters. The van der Waals surface area contributed by atoms with Gasteiger partial charge in [0.1, 0.15) is 0 Å². The van der Waals surface area contributed by atoms with E-state index in [4.69, 9.17) is 0 Å². The maximum absolute atomic E-state index is 10.5. The summed E-state index contributed by atoms with van der Waals surface area (Å²) in [5.74, 6) is 0.219. The minimum Gasteiger partial charge on any atom is -0.353 e. The molecule has 1 fully saturated rings. The first kappa shape index (κ1) is 9.47. The van der Waals surface area contributed by atoms with Crippen LogP contribution in [-0.4, -0.2) is 11.9 Å². The van der Waals surface area contributed by atoms with Gasteiger partial charge in [0.15, 0.2) is 0 Å². The summed E-state index contributed by atoms with van der Waals surface area (Å²) in [6, 6.07) is 0.475. The highest BCUT2D eigenvalue weighted by Gasteiger charge is 2.17. The van der Waals surface area contributed by atoms with Gasteiger partial charge in [-0.25, -0.2) is 0 Å². The molecule has 0 spiro atoms. The van der Waals surface area contributed by atoms with E-state index in [0.29, 0.717) is 6.04 Å². The number of rotatable bonds is 1. The number of nitrogens with one attached hydrogen (secondary N) is 1. The molecule has 1 aliphatic heterocycles. The molecule has 0 aromatic heterocycles. The fourth-order valence-electron chi connectivity index (χ4n) is 0.984. The third-order valence-corrected chi connectivity index (χ3v) is 1.58. The predicted octanol–water partition coefficient (Wildman–Crippen LogP) is 1.95. The summed E-state index contributed by atoms with van der Waals surface area (Å²) in [6.07, 6.45) is 2.85. The smallest absolute Gasteiger partial charge is 0.220 e. The van der Waals surface area contributed by atoms with Crippen molar-refractivity contribution in [1.29, 1.82) is 0 Å². The molecule has 62 valence electrons. The van der Waals surface area contributed by atoms with Crippen molar-refractivity contribution in [3.63, 3.8) is 0 Å². The minimum absolute atomic E-state index is 0. The third kappa shape index (κ3) is 2.85. The average Bonchev–Trinajstić information content (AvgIpc) is 2.40. The zero-order valence-corrected chi connectivity index (χ0v) is 7.11. The van der Waals surface area contributed by atoms with E-state index < -0.39 is 0 Å². The molecule has 2 heteroatoms. The summed E-state index contributed by atoms with van der Waals surface area (Å²) in [7, 11) is 0. The van der Waals surface area contributed by atoms with Crippen LogP contribution >= 0.6 is 0 Å². The number of amides is 1. The van der Waals surface area contributed by atoms with E-state index in [0.717, 1.165) is 19.3 Å². The molecule has 1 atom stereocenters. The van der Waals surface area contributed by atoms with Crippen LogP contribution in [0.15, 0.2) is 0 Å². The van der Waals surface area contributed by atoms with Crippen LogP contribution in [0.3, 0.4) is 0 Å². The van der Waals surface area contributed by atoms with Crippen molar-refractivity contribution in [2.24, 2.45) is 0 Å². The number of carbonyl (C=O) groups is 1. The first-order valence-electron chi connectivity index (χ1n) is 4.12. The minimum atomic E-state index is 0. The highest BCUT2D eigenvalue weighted by atomic mass is 16.1. The van der Waals surface area contributed by atoms with Crippen LogP contribution in [0.1, 0.15) is 41.5 Å². The molecule has 0 aliphatic carbocycles. The van der Waals surface area contributed by atoms with Crippen molar-refractivity contribution in [3.05, 3.63) is 0 Å². The standard InChI is InChI=1S/C6H11NO.C2H6.H2/c1-2-5-3-4-6(8)7-5;1-2;/h5H,2-4H2,1H3,(H,7,8);1-2H3;1H/t5-;;/m0../s1. The van der Waals surface area contributed by atoms with Gasteiger partial charge in [0, 0.05) is 13.9 Å². The van der Waals surface area contributed by atoms with Crippen molar-refractivity contribution in [2.75, 3.05) is 0 Å². The summed E-state index contributed by atoms with van der Waals surface area (Å²) in [5, 5.41) is 2.86. The third-order valence-electron chi connectivity index (χ3n) is 1.58. The molecular formula is C8H19NO. The van der Waals surface area contributed by atoms with E-state index in [-0.39, 0.29) is 7.33 Å². The molecule has 1 rings (SSSR count). The molecule has 2 nitrogen and oxygen atoms in total. The Morgan fingerprint density at radius 3 is 2.50 bits per heavy atom. The molecule has 10 heavy (non-hydrogen) atoms. The molecule has 0 aromatic carbocycles. The number of hydrogen-bond donors (Lipinski definition) is 1. The number of carbonyl (C=O) groups excluding carboxylic acids is 1. The van der Waals surface area contributed by atoms with Gasteiger partial charge in [-0.1, -0.05) is 20.8 Å². The van der Waals surface area contributed by atoms with E-state index in [1.807, 2.05) is 13.8 Å². The fourth-order valence-corrected chi connectivity index (χ4v) is 0.984. The Morgan fingerprint density at radius 2 is 2.30 bits per heavy atom. The van der Waals surface area contributed by atoms with Crippen molar-refractivity contribution in [2.45, 2.75) is 46.1 Å². The van der Waals surface area contributed by atoms with Gasteiger partial charge in [-0.15, -0.1) is 0 Å². The molecule has 1 saturated heterocycles. The predicted molar refractivity (Wildman–Crippen MR) is 44.9 cm³/mol. The second kappa shape index (κ2) is 5.27. The topological polar surface area (TPSA) is 29.1 Å². The van der Waals surface area contributed by atoms with Crippen LogP contribution in [0.4, 0.5) is 0 Å². The normalized spacial score (nSPS) is 23.1. The molecule has 0 aromatic rings. The second-order valence-electron chi connectivity index (χ2n) is 2.21. The summed E-state index contributed by atoms with van der Waals surface area (Å²) >= 11 is 0. The lowest BCUT2D eigenvalue weighted by Gasteiger charge is -2.02. The van der Waals surface area contributed by atoms with Gasteiger partial charge in [0.25, 0.3) is 0 Å². The summed E-state index contributed by atoms with van der Waals surface area (Å²) < 4.78 is 0. The van der Waals surface area contributed by atoms with Crippen LogP contribution in [0.2, 0.25) is 0 Å². The molecule has 1 heterocycles. The zero-order chi connectivity index (χ0) is 7.98. The van der Waals surface area contributed by atoms with E-state index >= 15 is 0 Å². The fraction of sp³-hybridized carbons (Fsp3) is 0.875. The largest absolute Gasteiger partial charge is 0.353 e. The summed E-state index contributed by atoms with van der Waals surface area (Å²) in [6.45, 7) is 6.09. The number of hydrogen-bond acceptors (Lipinski definition) is 1. The first-order chi connectivity index (χ1) is 4.83. The lowest BCUT2D eigenvalue weighted by atomic mass is 10.2. The molecular weight excluding hydrogens is 126 g/mol. The van der Waals surface area contributed by atoms with Gasteiger partial charge in [-0.05, 0) is 12.8 Å². The van der Waals surface area contributed by atoms with Gasteiger partial charge >= 0.3 is 0 Å². The van der Waals surface area contributed by atoms with E-state index in [9.17, 15) is 4.79 Å². The summed E-state index contributed by atoms with van der Waals surface area (Å²) in [5.41, 5.74) is 0. The zero-order valence-electron chi connectivity index (χ0n) is 7.11. The van der Waals surface area contributed by atoms with Gasteiger partial charge < -0.3 is 5.32 Å². The summed E-state index contributed by atoms with van der Waals surface area (Å²) in [4.78, 5) is 10.5. The maximum Gasteiger partial charge on any atom is 0.220 e. The maximum atomic E-state index is 10.5. The lowest BCUT2D eigenvalue weighted by molar-refractivity contribution is -0.119. The molecule has 0 radical (unpaired) electrons. The molecule has 0 bridgehead atoms. The van der Waals surface area contributed by atoms with Crippen LogP contribution in [0, 0.1) is 0 Å². The van der Waals surface area contributed by atoms with Crippen LogP contribution in [-0.2, 0) is 4.79 Å². The molecule has 1 N–H and O–H groups in total. The first-order valence-corrected chi connectivity index (χ1v) is 4.12. The Bertz CT molecular complexity index is 106. The van der Waals surface area contributed by atoms with Crippen molar-refractivity contribution in [1.82, 2.24) is 5.32 Å². The highest BCUT2D eigenvalue weighted by Crippen LogP contribution is 2.08. The van der Waals surface area contributed by atoms with E-state index in [2.05, 4.69) is 12.2 Å². The van der Waals surface area contributed by atoms with Crippen LogP contribution in [0.25, 0.3) is 0 Å². The van der Waals surface area contributed by atoms with Gasteiger partial charge in [0.05, 0.1) is 0 Å². The monoisotopic (exact) mass is 145 g/mol. The lowest BCUT2D eigenvalue weighted by Crippen LogP contribution is -2.23. The Morgan fingerprint density at radius 1 is 1.70 bits per heavy atom. The van der Waals surface area contributed by atoms with E-state index in [1.165, 1.54) is 0 Å². The van der Waals surface area contributed by atoms with E-state index in [1.54, 1.807) is 0 Å². The average molecular weight is 145 g/mol. The SMILES string of the molecule is CC.CC[C@H]1CCC(=O)N1.[HH].